The molecule has 144 valence electrons. The summed E-state index contributed by atoms with van der Waals surface area (Å²) in [6, 6.07) is 7.03. The van der Waals surface area contributed by atoms with Crippen LogP contribution in [0, 0.1) is 20.8 Å². The van der Waals surface area contributed by atoms with Gasteiger partial charge in [0.15, 0.2) is 11.6 Å². The fraction of sp³-hybridized carbons (Fsp3) is 0.381. The number of aromatic amines is 1. The molecule has 0 aliphatic heterocycles. The Morgan fingerprint density at radius 2 is 1.70 bits per heavy atom. The van der Waals surface area contributed by atoms with Gasteiger partial charge in [-0.15, -0.1) is 0 Å². The molecule has 0 bridgehead atoms. The minimum Gasteiger partial charge on any atom is -0.355 e. The van der Waals surface area contributed by atoms with Gasteiger partial charge in [-0.2, -0.15) is 0 Å². The molecule has 0 spiro atoms. The SMILES string of the molecule is CC(=O)c1c(C)[nH]c(C(=O)[C@@H](C)N(C)CC(=O)Nc2ccc(C)cc2)c1C. The monoisotopic (exact) mass is 369 g/mol. The fourth-order valence-electron chi connectivity index (χ4n) is 3.13. The van der Waals surface area contributed by atoms with Crippen molar-refractivity contribution in [3.63, 3.8) is 0 Å². The van der Waals surface area contributed by atoms with E-state index in [4.69, 9.17) is 0 Å². The lowest BCUT2D eigenvalue weighted by atomic mass is 10.0. The van der Waals surface area contributed by atoms with E-state index < -0.39 is 6.04 Å². The minimum absolute atomic E-state index is 0.0706. The lowest BCUT2D eigenvalue weighted by molar-refractivity contribution is -0.117. The summed E-state index contributed by atoms with van der Waals surface area (Å²) in [5.41, 5.74) is 4.18. The maximum Gasteiger partial charge on any atom is 0.238 e. The van der Waals surface area contributed by atoms with Crippen LogP contribution in [0.2, 0.25) is 0 Å². The molecule has 2 N–H and O–H groups in total. The maximum absolute atomic E-state index is 12.9. The summed E-state index contributed by atoms with van der Waals surface area (Å²) in [6.45, 7) is 8.86. The molecular weight excluding hydrogens is 342 g/mol. The largest absolute Gasteiger partial charge is 0.355 e. The Morgan fingerprint density at radius 1 is 1.11 bits per heavy atom. The van der Waals surface area contributed by atoms with Gasteiger partial charge in [-0.25, -0.2) is 0 Å². The highest BCUT2D eigenvalue weighted by Crippen LogP contribution is 2.20. The Labute approximate surface area is 160 Å². The smallest absolute Gasteiger partial charge is 0.238 e. The number of amides is 1. The molecule has 0 fully saturated rings. The number of hydrogen-bond donors (Lipinski definition) is 2. The molecule has 1 atom stereocenters. The highest BCUT2D eigenvalue weighted by Gasteiger charge is 2.26. The number of anilines is 1. The standard InChI is InChI=1S/C21H27N3O3/c1-12-7-9-17(10-8-12)23-18(26)11-24(6)15(4)21(27)20-13(2)19(16(5)25)14(3)22-20/h7-10,15,22H,11H2,1-6H3,(H,23,26)/t15-/m1/s1. The predicted octanol–water partition coefficient (Wildman–Crippen LogP) is 3.28. The van der Waals surface area contributed by atoms with E-state index in [1.54, 1.807) is 32.7 Å². The van der Waals surface area contributed by atoms with Gasteiger partial charge in [-0.1, -0.05) is 17.7 Å². The van der Waals surface area contributed by atoms with Gasteiger partial charge in [0, 0.05) is 16.9 Å². The zero-order chi connectivity index (χ0) is 20.3. The lowest BCUT2D eigenvalue weighted by Crippen LogP contribution is -2.41. The van der Waals surface area contributed by atoms with Crippen LogP contribution in [0.25, 0.3) is 0 Å². The highest BCUT2D eigenvalue weighted by atomic mass is 16.2. The second-order valence-electron chi connectivity index (χ2n) is 7.05. The van der Waals surface area contributed by atoms with Gasteiger partial charge >= 0.3 is 0 Å². The molecule has 0 radical (unpaired) electrons. The van der Waals surface area contributed by atoms with Gasteiger partial charge in [0.05, 0.1) is 18.3 Å². The van der Waals surface area contributed by atoms with Crippen molar-refractivity contribution >= 4 is 23.2 Å². The van der Waals surface area contributed by atoms with Crippen LogP contribution in [-0.4, -0.2) is 47.0 Å². The number of aromatic nitrogens is 1. The van der Waals surface area contributed by atoms with Crippen molar-refractivity contribution in [2.24, 2.45) is 0 Å². The van der Waals surface area contributed by atoms with Crippen molar-refractivity contribution in [2.45, 2.75) is 40.7 Å². The van der Waals surface area contributed by atoms with Crippen LogP contribution in [0.5, 0.6) is 0 Å². The third-order valence-corrected chi connectivity index (χ3v) is 4.80. The normalized spacial score (nSPS) is 12.1. The Kier molecular flexibility index (Phi) is 6.33. The number of hydrogen-bond acceptors (Lipinski definition) is 4. The second kappa shape index (κ2) is 8.31. The summed E-state index contributed by atoms with van der Waals surface area (Å²) in [6.07, 6.45) is 0. The molecule has 27 heavy (non-hydrogen) atoms. The van der Waals surface area contributed by atoms with Crippen LogP contribution >= 0.6 is 0 Å². The average molecular weight is 369 g/mol. The van der Waals surface area contributed by atoms with Gasteiger partial charge in [-0.05, 0) is 59.4 Å². The number of ketones is 2. The third-order valence-electron chi connectivity index (χ3n) is 4.80. The van der Waals surface area contributed by atoms with E-state index in [0.717, 1.165) is 11.3 Å². The zero-order valence-corrected chi connectivity index (χ0v) is 16.8. The molecule has 1 aromatic carbocycles. The first-order chi connectivity index (χ1) is 12.6. The van der Waals surface area contributed by atoms with E-state index in [1.807, 2.05) is 31.2 Å². The molecule has 0 aliphatic rings. The van der Waals surface area contributed by atoms with E-state index in [1.165, 1.54) is 6.92 Å². The van der Waals surface area contributed by atoms with Gasteiger partial charge < -0.3 is 10.3 Å². The van der Waals surface area contributed by atoms with E-state index in [-0.39, 0.29) is 24.0 Å². The quantitative estimate of drug-likeness (QED) is 0.734. The first-order valence-electron chi connectivity index (χ1n) is 8.92. The summed E-state index contributed by atoms with van der Waals surface area (Å²) < 4.78 is 0. The molecule has 2 aromatic rings. The molecule has 0 aliphatic carbocycles. The van der Waals surface area contributed by atoms with Crippen LogP contribution < -0.4 is 5.32 Å². The van der Waals surface area contributed by atoms with Crippen molar-refractivity contribution in [3.05, 3.63) is 52.3 Å². The average Bonchev–Trinajstić information content (AvgIpc) is 2.90. The molecule has 2 rings (SSSR count). The van der Waals surface area contributed by atoms with Gasteiger partial charge in [0.25, 0.3) is 0 Å². The number of carbonyl (C=O) groups is 3. The number of carbonyl (C=O) groups excluding carboxylic acids is 3. The fourth-order valence-corrected chi connectivity index (χ4v) is 3.13. The topological polar surface area (TPSA) is 82.3 Å². The van der Waals surface area contributed by atoms with Crippen LogP contribution in [0.15, 0.2) is 24.3 Å². The van der Waals surface area contributed by atoms with Crippen molar-refractivity contribution in [1.82, 2.24) is 9.88 Å². The molecule has 0 saturated heterocycles. The number of aryl methyl sites for hydroxylation is 2. The van der Waals surface area contributed by atoms with Crippen LogP contribution in [0.4, 0.5) is 5.69 Å². The van der Waals surface area contributed by atoms with E-state index in [2.05, 4.69) is 10.3 Å². The summed E-state index contributed by atoms with van der Waals surface area (Å²) in [4.78, 5) is 41.6. The summed E-state index contributed by atoms with van der Waals surface area (Å²) >= 11 is 0. The number of nitrogens with zero attached hydrogens (tertiary/aromatic N) is 1. The zero-order valence-electron chi connectivity index (χ0n) is 16.8. The Hall–Kier alpha value is -2.73. The van der Waals surface area contributed by atoms with Gasteiger partial charge in [0.1, 0.15) is 0 Å². The molecule has 1 heterocycles. The van der Waals surface area contributed by atoms with Crippen LogP contribution in [-0.2, 0) is 4.79 Å². The maximum atomic E-state index is 12.9. The first-order valence-corrected chi connectivity index (χ1v) is 8.92. The highest BCUT2D eigenvalue weighted by molar-refractivity contribution is 6.05. The molecule has 1 aromatic heterocycles. The second-order valence-corrected chi connectivity index (χ2v) is 7.05. The summed E-state index contributed by atoms with van der Waals surface area (Å²) in [5, 5.41) is 2.83. The summed E-state index contributed by atoms with van der Waals surface area (Å²) in [5.74, 6) is -0.405. The van der Waals surface area contributed by atoms with Crippen molar-refractivity contribution in [3.8, 4) is 0 Å². The van der Waals surface area contributed by atoms with Crippen molar-refractivity contribution in [1.29, 1.82) is 0 Å². The molecule has 0 unspecified atom stereocenters. The van der Waals surface area contributed by atoms with Crippen LogP contribution in [0.3, 0.4) is 0 Å². The van der Waals surface area contributed by atoms with Crippen molar-refractivity contribution < 1.29 is 14.4 Å². The van der Waals surface area contributed by atoms with Gasteiger partial charge in [0.2, 0.25) is 5.91 Å². The molecular formula is C21H27N3O3. The number of rotatable bonds is 7. The van der Waals surface area contributed by atoms with E-state index in [9.17, 15) is 14.4 Å². The predicted molar refractivity (Wildman–Crippen MR) is 107 cm³/mol. The van der Waals surface area contributed by atoms with E-state index >= 15 is 0 Å². The number of nitrogens with one attached hydrogen (secondary N) is 2. The molecule has 0 saturated carbocycles. The van der Waals surface area contributed by atoms with E-state index in [0.29, 0.717) is 22.5 Å². The van der Waals surface area contributed by atoms with Crippen LogP contribution in [0.1, 0.15) is 51.5 Å². The number of likely N-dealkylation sites (N-methyl/N-ethyl adjacent to an activating group) is 1. The Bertz CT molecular complexity index is 866. The Morgan fingerprint density at radius 3 is 2.22 bits per heavy atom. The molecule has 6 heteroatoms. The number of H-pyrrole nitrogens is 1. The molecule has 1 amide bonds. The number of benzene rings is 1. The first kappa shape index (κ1) is 20.6. The van der Waals surface area contributed by atoms with Crippen molar-refractivity contribution in [2.75, 3.05) is 18.9 Å². The third kappa shape index (κ3) is 4.71. The lowest BCUT2D eigenvalue weighted by Gasteiger charge is -2.23. The minimum atomic E-state index is -0.509. The number of Topliss-reactive ketones (excluding diaryl/α,β-unsaturated/α-hetero) is 2. The van der Waals surface area contributed by atoms with Gasteiger partial charge in [-0.3, -0.25) is 19.3 Å². The summed E-state index contributed by atoms with van der Waals surface area (Å²) in [7, 11) is 1.73. The Balaban J connectivity index is 2.06. The molecule has 6 nitrogen and oxygen atoms in total.